The predicted octanol–water partition coefficient (Wildman–Crippen LogP) is 2.80. The van der Waals surface area contributed by atoms with Crippen LogP contribution in [0.15, 0.2) is 24.3 Å². The van der Waals surface area contributed by atoms with Gasteiger partial charge in [-0.1, -0.05) is 13.3 Å². The smallest absolute Gasteiger partial charge is 0.221 e. The average molecular weight is 264 g/mol. The molecule has 0 atom stereocenters. The largest absolute Gasteiger partial charge is 0.494 e. The molecule has 0 spiro atoms. The molecule has 0 aliphatic rings. The summed E-state index contributed by atoms with van der Waals surface area (Å²) in [6, 6.07) is 7.76. The van der Waals surface area contributed by atoms with Gasteiger partial charge in [0.05, 0.1) is 6.61 Å². The molecule has 0 radical (unpaired) electrons. The molecule has 2 N–H and O–H groups in total. The number of hydrogen-bond donors (Lipinski definition) is 2. The van der Waals surface area contributed by atoms with Gasteiger partial charge in [-0.15, -0.1) is 0 Å². The zero-order valence-electron chi connectivity index (χ0n) is 11.9. The number of nitrogens with one attached hydrogen (secondary N) is 2. The van der Waals surface area contributed by atoms with E-state index in [2.05, 4.69) is 17.6 Å². The number of amides is 1. The Morgan fingerprint density at radius 1 is 1.16 bits per heavy atom. The molecule has 1 rings (SSSR count). The van der Waals surface area contributed by atoms with Gasteiger partial charge in [0.1, 0.15) is 5.75 Å². The Morgan fingerprint density at radius 2 is 1.89 bits per heavy atom. The maximum Gasteiger partial charge on any atom is 0.221 e. The van der Waals surface area contributed by atoms with E-state index in [9.17, 15) is 4.79 Å². The average Bonchev–Trinajstić information content (AvgIpc) is 2.41. The van der Waals surface area contributed by atoms with Crippen LogP contribution in [0.5, 0.6) is 5.75 Å². The van der Waals surface area contributed by atoms with Crippen molar-refractivity contribution in [2.24, 2.45) is 0 Å². The summed E-state index contributed by atoms with van der Waals surface area (Å²) >= 11 is 0. The van der Waals surface area contributed by atoms with E-state index in [1.54, 1.807) is 0 Å². The first kappa shape index (κ1) is 15.3. The zero-order chi connectivity index (χ0) is 13.9. The molecule has 1 aromatic rings. The lowest BCUT2D eigenvalue weighted by molar-refractivity contribution is -0.120. The summed E-state index contributed by atoms with van der Waals surface area (Å²) in [4.78, 5) is 11.5. The topological polar surface area (TPSA) is 50.4 Å². The van der Waals surface area contributed by atoms with Crippen LogP contribution >= 0.6 is 0 Å². The van der Waals surface area contributed by atoms with Gasteiger partial charge >= 0.3 is 0 Å². The van der Waals surface area contributed by atoms with Crippen molar-refractivity contribution >= 4 is 11.6 Å². The normalized spacial score (nSPS) is 10.0. The summed E-state index contributed by atoms with van der Waals surface area (Å²) in [5.74, 6) is 0.970. The van der Waals surface area contributed by atoms with E-state index in [1.807, 2.05) is 31.2 Å². The van der Waals surface area contributed by atoms with Crippen LogP contribution in [0.1, 0.15) is 33.1 Å². The number of hydrogen-bond acceptors (Lipinski definition) is 3. The van der Waals surface area contributed by atoms with Gasteiger partial charge in [-0.3, -0.25) is 4.79 Å². The number of anilines is 1. The molecule has 106 valence electrons. The second-order valence-electron chi connectivity index (χ2n) is 4.34. The fourth-order valence-corrected chi connectivity index (χ4v) is 1.65. The van der Waals surface area contributed by atoms with Gasteiger partial charge in [0.25, 0.3) is 0 Å². The fraction of sp³-hybridized carbons (Fsp3) is 0.533. The summed E-state index contributed by atoms with van der Waals surface area (Å²) in [5.41, 5.74) is 1.00. The number of unbranched alkanes of at least 4 members (excludes halogenated alkanes) is 1. The van der Waals surface area contributed by atoms with Crippen LogP contribution in [0.4, 0.5) is 5.69 Å². The van der Waals surface area contributed by atoms with Gasteiger partial charge < -0.3 is 15.4 Å². The van der Waals surface area contributed by atoms with E-state index in [1.165, 1.54) is 0 Å². The first-order valence-electron chi connectivity index (χ1n) is 6.99. The van der Waals surface area contributed by atoms with Crippen LogP contribution in [0.2, 0.25) is 0 Å². The van der Waals surface area contributed by atoms with Crippen LogP contribution in [-0.4, -0.2) is 25.6 Å². The van der Waals surface area contributed by atoms with E-state index in [0.717, 1.165) is 30.8 Å². The number of carbonyl (C=O) groups excluding carboxylic acids is 1. The SMILES string of the molecule is CCCCNC(=O)CCNc1ccc(OCC)cc1. The van der Waals surface area contributed by atoms with E-state index >= 15 is 0 Å². The maximum atomic E-state index is 11.5. The molecule has 1 aromatic carbocycles. The summed E-state index contributed by atoms with van der Waals surface area (Å²) in [7, 11) is 0. The number of carbonyl (C=O) groups is 1. The van der Waals surface area contributed by atoms with Crippen LogP contribution < -0.4 is 15.4 Å². The molecule has 0 saturated heterocycles. The van der Waals surface area contributed by atoms with E-state index in [4.69, 9.17) is 4.74 Å². The van der Waals surface area contributed by atoms with Crippen molar-refractivity contribution in [2.75, 3.05) is 25.0 Å². The third-order valence-electron chi connectivity index (χ3n) is 2.70. The van der Waals surface area contributed by atoms with E-state index in [0.29, 0.717) is 19.6 Å². The quantitative estimate of drug-likeness (QED) is 0.674. The summed E-state index contributed by atoms with van der Waals surface area (Å²) in [5, 5.41) is 6.12. The monoisotopic (exact) mass is 264 g/mol. The van der Waals surface area contributed by atoms with Crippen molar-refractivity contribution in [3.63, 3.8) is 0 Å². The van der Waals surface area contributed by atoms with Crippen molar-refractivity contribution < 1.29 is 9.53 Å². The highest BCUT2D eigenvalue weighted by atomic mass is 16.5. The molecule has 0 saturated carbocycles. The molecule has 0 bridgehead atoms. The maximum absolute atomic E-state index is 11.5. The third-order valence-corrected chi connectivity index (χ3v) is 2.70. The van der Waals surface area contributed by atoms with Crippen molar-refractivity contribution in [3.8, 4) is 5.75 Å². The van der Waals surface area contributed by atoms with Gasteiger partial charge in [0.15, 0.2) is 0 Å². The Labute approximate surface area is 115 Å². The molecule has 0 unspecified atom stereocenters. The van der Waals surface area contributed by atoms with E-state index in [-0.39, 0.29) is 5.91 Å². The number of ether oxygens (including phenoxy) is 1. The minimum absolute atomic E-state index is 0.104. The first-order chi connectivity index (χ1) is 9.26. The minimum Gasteiger partial charge on any atom is -0.494 e. The molecule has 4 nitrogen and oxygen atoms in total. The van der Waals surface area contributed by atoms with Gasteiger partial charge in [0.2, 0.25) is 5.91 Å². The summed E-state index contributed by atoms with van der Waals surface area (Å²) in [6.07, 6.45) is 2.64. The van der Waals surface area contributed by atoms with E-state index < -0.39 is 0 Å². The second-order valence-corrected chi connectivity index (χ2v) is 4.34. The lowest BCUT2D eigenvalue weighted by Gasteiger charge is -2.08. The van der Waals surface area contributed by atoms with Crippen molar-refractivity contribution in [3.05, 3.63) is 24.3 Å². The van der Waals surface area contributed by atoms with Gasteiger partial charge in [-0.2, -0.15) is 0 Å². The van der Waals surface area contributed by atoms with Crippen LogP contribution in [0.25, 0.3) is 0 Å². The van der Waals surface area contributed by atoms with Gasteiger partial charge in [-0.05, 0) is 37.6 Å². The minimum atomic E-state index is 0.104. The Balaban J connectivity index is 2.19. The molecule has 1 amide bonds. The van der Waals surface area contributed by atoms with Crippen molar-refractivity contribution in [2.45, 2.75) is 33.1 Å². The Bertz CT molecular complexity index is 363. The first-order valence-corrected chi connectivity index (χ1v) is 6.99. The van der Waals surface area contributed by atoms with Crippen LogP contribution in [0, 0.1) is 0 Å². The summed E-state index contributed by atoms with van der Waals surface area (Å²) < 4.78 is 5.37. The fourth-order valence-electron chi connectivity index (χ4n) is 1.65. The molecule has 0 aliphatic carbocycles. The Kier molecular flexibility index (Phi) is 7.47. The molecule has 0 aromatic heterocycles. The highest BCUT2D eigenvalue weighted by Crippen LogP contribution is 2.15. The Morgan fingerprint density at radius 3 is 2.53 bits per heavy atom. The Hall–Kier alpha value is -1.71. The molecular formula is C15H24N2O2. The van der Waals surface area contributed by atoms with Gasteiger partial charge in [-0.25, -0.2) is 0 Å². The van der Waals surface area contributed by atoms with Gasteiger partial charge in [0, 0.05) is 25.2 Å². The molecular weight excluding hydrogens is 240 g/mol. The molecule has 0 heterocycles. The van der Waals surface area contributed by atoms with Crippen molar-refractivity contribution in [1.82, 2.24) is 5.32 Å². The van der Waals surface area contributed by atoms with Crippen molar-refractivity contribution in [1.29, 1.82) is 0 Å². The third kappa shape index (κ3) is 6.70. The number of rotatable bonds is 9. The second kappa shape index (κ2) is 9.25. The molecule has 4 heteroatoms. The highest BCUT2D eigenvalue weighted by molar-refractivity contribution is 5.76. The van der Waals surface area contributed by atoms with Crippen LogP contribution in [-0.2, 0) is 4.79 Å². The predicted molar refractivity (Wildman–Crippen MR) is 78.6 cm³/mol. The van der Waals surface area contributed by atoms with Crippen LogP contribution in [0.3, 0.4) is 0 Å². The standard InChI is InChI=1S/C15H24N2O2/c1-3-5-11-17-15(18)10-12-16-13-6-8-14(9-7-13)19-4-2/h6-9,16H,3-5,10-12H2,1-2H3,(H,17,18). The molecule has 0 fully saturated rings. The number of benzene rings is 1. The lowest BCUT2D eigenvalue weighted by atomic mass is 10.3. The molecule has 19 heavy (non-hydrogen) atoms. The molecule has 0 aliphatic heterocycles. The zero-order valence-corrected chi connectivity index (χ0v) is 11.9. The lowest BCUT2D eigenvalue weighted by Crippen LogP contribution is -2.26. The highest BCUT2D eigenvalue weighted by Gasteiger charge is 2.00. The summed E-state index contributed by atoms with van der Waals surface area (Å²) in [6.45, 7) is 6.16.